The van der Waals surface area contributed by atoms with Crippen LogP contribution in [0.25, 0.3) is 0 Å². The lowest BCUT2D eigenvalue weighted by Crippen LogP contribution is -2.07. The monoisotopic (exact) mass is 208 g/mol. The number of hydrogen-bond donors (Lipinski definition) is 0. The molecule has 86 valence electrons. The molecule has 0 N–H and O–H groups in total. The SMILES string of the molecule is CC.CC(C)Oc1ccccc1C(C)C. The summed E-state index contributed by atoms with van der Waals surface area (Å²) in [7, 11) is 0. The predicted molar refractivity (Wildman–Crippen MR) is 67.6 cm³/mol. The van der Waals surface area contributed by atoms with Crippen LogP contribution in [0.4, 0.5) is 0 Å². The van der Waals surface area contributed by atoms with Crippen molar-refractivity contribution in [3.05, 3.63) is 29.8 Å². The average Bonchev–Trinajstić information content (AvgIpc) is 2.20. The van der Waals surface area contributed by atoms with Gasteiger partial charge in [-0.15, -0.1) is 0 Å². The summed E-state index contributed by atoms with van der Waals surface area (Å²) in [6.07, 6.45) is 0.250. The first-order valence-electron chi connectivity index (χ1n) is 5.87. The van der Waals surface area contributed by atoms with Gasteiger partial charge in [0, 0.05) is 0 Å². The second-order valence-corrected chi connectivity index (χ2v) is 3.86. The minimum Gasteiger partial charge on any atom is -0.491 e. The summed E-state index contributed by atoms with van der Waals surface area (Å²) in [5, 5.41) is 0. The molecule has 0 amide bonds. The minimum absolute atomic E-state index is 0.250. The summed E-state index contributed by atoms with van der Waals surface area (Å²) in [5.74, 6) is 1.54. The standard InChI is InChI=1S/C12H18O.C2H6/c1-9(2)11-7-5-6-8-12(11)13-10(3)4;1-2/h5-10H,1-4H3;1-2H3. The molecule has 0 aliphatic heterocycles. The van der Waals surface area contributed by atoms with Gasteiger partial charge in [0.2, 0.25) is 0 Å². The van der Waals surface area contributed by atoms with Gasteiger partial charge in [-0.2, -0.15) is 0 Å². The number of benzene rings is 1. The molecule has 1 aromatic rings. The van der Waals surface area contributed by atoms with Crippen molar-refractivity contribution in [2.24, 2.45) is 0 Å². The summed E-state index contributed by atoms with van der Waals surface area (Å²) in [5.41, 5.74) is 1.29. The molecular formula is C14H24O. The molecule has 1 rings (SSSR count). The third-order valence-electron chi connectivity index (χ3n) is 1.90. The van der Waals surface area contributed by atoms with Crippen LogP contribution in [0.2, 0.25) is 0 Å². The first-order chi connectivity index (χ1) is 7.11. The lowest BCUT2D eigenvalue weighted by atomic mass is 10.0. The Morgan fingerprint density at radius 1 is 0.933 bits per heavy atom. The number of hydrogen-bond acceptors (Lipinski definition) is 1. The van der Waals surface area contributed by atoms with Crippen molar-refractivity contribution in [3.63, 3.8) is 0 Å². The molecule has 0 aliphatic carbocycles. The van der Waals surface area contributed by atoms with Crippen molar-refractivity contribution in [1.29, 1.82) is 0 Å². The maximum atomic E-state index is 5.71. The van der Waals surface area contributed by atoms with Crippen LogP contribution in [0.3, 0.4) is 0 Å². The van der Waals surface area contributed by atoms with E-state index < -0.39 is 0 Å². The van der Waals surface area contributed by atoms with E-state index in [9.17, 15) is 0 Å². The molecule has 1 heteroatoms. The van der Waals surface area contributed by atoms with Crippen molar-refractivity contribution in [3.8, 4) is 5.75 Å². The maximum Gasteiger partial charge on any atom is 0.123 e. The van der Waals surface area contributed by atoms with Gasteiger partial charge in [-0.3, -0.25) is 0 Å². The molecule has 0 radical (unpaired) electrons. The van der Waals surface area contributed by atoms with Crippen LogP contribution in [0.1, 0.15) is 53.0 Å². The average molecular weight is 208 g/mol. The maximum absolute atomic E-state index is 5.71. The predicted octanol–water partition coefficient (Wildman–Crippen LogP) is 4.62. The summed E-state index contributed by atoms with van der Waals surface area (Å²) in [6, 6.07) is 8.24. The van der Waals surface area contributed by atoms with Crippen LogP contribution in [0.5, 0.6) is 5.75 Å². The Labute approximate surface area is 94.5 Å². The number of ether oxygens (including phenoxy) is 1. The highest BCUT2D eigenvalue weighted by Crippen LogP contribution is 2.26. The van der Waals surface area contributed by atoms with E-state index in [-0.39, 0.29) is 6.10 Å². The highest BCUT2D eigenvalue weighted by molar-refractivity contribution is 5.35. The van der Waals surface area contributed by atoms with Crippen LogP contribution in [0.15, 0.2) is 24.3 Å². The normalized spacial score (nSPS) is 9.87. The largest absolute Gasteiger partial charge is 0.491 e. The van der Waals surface area contributed by atoms with Gasteiger partial charge in [0.05, 0.1) is 6.10 Å². The van der Waals surface area contributed by atoms with E-state index in [2.05, 4.69) is 39.8 Å². The van der Waals surface area contributed by atoms with Gasteiger partial charge >= 0.3 is 0 Å². The Kier molecular flexibility index (Phi) is 6.85. The zero-order valence-corrected chi connectivity index (χ0v) is 10.9. The topological polar surface area (TPSA) is 9.23 Å². The van der Waals surface area contributed by atoms with Crippen LogP contribution in [-0.2, 0) is 0 Å². The molecular weight excluding hydrogens is 184 g/mol. The van der Waals surface area contributed by atoms with Crippen LogP contribution in [-0.4, -0.2) is 6.10 Å². The van der Waals surface area contributed by atoms with Gasteiger partial charge in [-0.05, 0) is 31.4 Å². The van der Waals surface area contributed by atoms with Crippen LogP contribution < -0.4 is 4.74 Å². The van der Waals surface area contributed by atoms with Gasteiger partial charge in [-0.25, -0.2) is 0 Å². The molecule has 0 spiro atoms. The highest BCUT2D eigenvalue weighted by Gasteiger charge is 2.07. The summed E-state index contributed by atoms with van der Waals surface area (Å²) in [4.78, 5) is 0. The van der Waals surface area contributed by atoms with Crippen molar-refractivity contribution in [2.45, 2.75) is 53.6 Å². The quantitative estimate of drug-likeness (QED) is 0.704. The molecule has 0 heterocycles. The van der Waals surface area contributed by atoms with Crippen molar-refractivity contribution < 1.29 is 4.74 Å². The lowest BCUT2D eigenvalue weighted by molar-refractivity contribution is 0.239. The fourth-order valence-corrected chi connectivity index (χ4v) is 1.32. The molecule has 0 atom stereocenters. The van der Waals surface area contributed by atoms with E-state index in [1.165, 1.54) is 5.56 Å². The second-order valence-electron chi connectivity index (χ2n) is 3.86. The molecule has 0 unspecified atom stereocenters. The van der Waals surface area contributed by atoms with E-state index >= 15 is 0 Å². The van der Waals surface area contributed by atoms with Crippen molar-refractivity contribution in [1.82, 2.24) is 0 Å². The fraction of sp³-hybridized carbons (Fsp3) is 0.571. The van der Waals surface area contributed by atoms with E-state index in [1.54, 1.807) is 0 Å². The Morgan fingerprint density at radius 2 is 1.47 bits per heavy atom. The number of para-hydroxylation sites is 1. The molecule has 0 saturated heterocycles. The Hall–Kier alpha value is -0.980. The van der Waals surface area contributed by atoms with Crippen LogP contribution >= 0.6 is 0 Å². The van der Waals surface area contributed by atoms with Gasteiger partial charge in [0.1, 0.15) is 5.75 Å². The van der Waals surface area contributed by atoms with Crippen molar-refractivity contribution in [2.75, 3.05) is 0 Å². The number of rotatable bonds is 3. The van der Waals surface area contributed by atoms with E-state index in [0.29, 0.717) is 5.92 Å². The van der Waals surface area contributed by atoms with E-state index in [4.69, 9.17) is 4.74 Å². The molecule has 0 aromatic heterocycles. The summed E-state index contributed by atoms with van der Waals surface area (Å²) in [6.45, 7) is 12.5. The summed E-state index contributed by atoms with van der Waals surface area (Å²) >= 11 is 0. The molecule has 0 saturated carbocycles. The Balaban J connectivity index is 0.000000921. The van der Waals surface area contributed by atoms with Gasteiger partial charge in [-0.1, -0.05) is 45.9 Å². The Morgan fingerprint density at radius 3 is 1.93 bits per heavy atom. The fourth-order valence-electron chi connectivity index (χ4n) is 1.32. The molecule has 15 heavy (non-hydrogen) atoms. The van der Waals surface area contributed by atoms with Gasteiger partial charge in [0.15, 0.2) is 0 Å². The summed E-state index contributed by atoms with van der Waals surface area (Å²) < 4.78 is 5.71. The highest BCUT2D eigenvalue weighted by atomic mass is 16.5. The zero-order valence-electron chi connectivity index (χ0n) is 10.9. The molecule has 0 bridgehead atoms. The third-order valence-corrected chi connectivity index (χ3v) is 1.90. The van der Waals surface area contributed by atoms with Gasteiger partial charge in [0.25, 0.3) is 0 Å². The molecule has 1 aromatic carbocycles. The first-order valence-corrected chi connectivity index (χ1v) is 5.87. The first kappa shape index (κ1) is 14.0. The smallest absolute Gasteiger partial charge is 0.123 e. The van der Waals surface area contributed by atoms with Crippen molar-refractivity contribution >= 4 is 0 Å². The van der Waals surface area contributed by atoms with E-state index in [1.807, 2.05) is 26.0 Å². The zero-order chi connectivity index (χ0) is 11.8. The van der Waals surface area contributed by atoms with E-state index in [0.717, 1.165) is 5.75 Å². The lowest BCUT2D eigenvalue weighted by Gasteiger charge is -2.15. The third kappa shape index (κ3) is 4.87. The van der Waals surface area contributed by atoms with Crippen LogP contribution in [0, 0.1) is 0 Å². The molecule has 0 aliphatic rings. The second kappa shape index (κ2) is 7.33. The minimum atomic E-state index is 0.250. The van der Waals surface area contributed by atoms with Gasteiger partial charge < -0.3 is 4.74 Å². The molecule has 0 fully saturated rings. The molecule has 1 nitrogen and oxygen atoms in total. The Bertz CT molecular complexity index is 264.